The highest BCUT2D eigenvalue weighted by molar-refractivity contribution is 7.92. The first kappa shape index (κ1) is 19.0. The van der Waals surface area contributed by atoms with Crippen molar-refractivity contribution in [2.24, 2.45) is 0 Å². The predicted molar refractivity (Wildman–Crippen MR) is 99.1 cm³/mol. The molecule has 25 heavy (non-hydrogen) atoms. The lowest BCUT2D eigenvalue weighted by molar-refractivity contribution is -0.137. The number of esters is 1. The SMILES string of the molecule is CCOC(=O)/C=C/c1ccc(NS(=O)(=O)c2cc(Cl)ccc2C)cc1. The van der Waals surface area contributed by atoms with Crippen LogP contribution in [0.1, 0.15) is 18.1 Å². The molecular formula is C18H18ClNO4S. The van der Waals surface area contributed by atoms with Crippen molar-refractivity contribution in [3.63, 3.8) is 0 Å². The van der Waals surface area contributed by atoms with E-state index in [2.05, 4.69) is 4.72 Å². The number of ether oxygens (including phenoxy) is 1. The summed E-state index contributed by atoms with van der Waals surface area (Å²) in [6.45, 7) is 3.75. The van der Waals surface area contributed by atoms with Crippen LogP contribution in [0.15, 0.2) is 53.4 Å². The molecule has 7 heteroatoms. The fraction of sp³-hybridized carbons (Fsp3) is 0.167. The van der Waals surface area contributed by atoms with E-state index in [1.54, 1.807) is 56.3 Å². The minimum absolute atomic E-state index is 0.131. The van der Waals surface area contributed by atoms with E-state index >= 15 is 0 Å². The van der Waals surface area contributed by atoms with Crippen molar-refractivity contribution in [1.29, 1.82) is 0 Å². The summed E-state index contributed by atoms with van der Waals surface area (Å²) < 4.78 is 32.3. The van der Waals surface area contributed by atoms with Crippen LogP contribution in [0, 0.1) is 6.92 Å². The maximum atomic E-state index is 12.5. The summed E-state index contributed by atoms with van der Waals surface area (Å²) in [6, 6.07) is 11.3. The largest absolute Gasteiger partial charge is 0.463 e. The van der Waals surface area contributed by atoms with E-state index in [-0.39, 0.29) is 4.90 Å². The number of rotatable bonds is 6. The molecule has 0 heterocycles. The third kappa shape index (κ3) is 5.34. The summed E-state index contributed by atoms with van der Waals surface area (Å²) in [6.07, 6.45) is 2.91. The molecular weight excluding hydrogens is 362 g/mol. The average molecular weight is 380 g/mol. The first-order chi connectivity index (χ1) is 11.8. The number of carbonyl (C=O) groups excluding carboxylic acids is 1. The van der Waals surface area contributed by atoms with Crippen LogP contribution in [0.25, 0.3) is 6.08 Å². The van der Waals surface area contributed by atoms with E-state index in [0.717, 1.165) is 5.56 Å². The molecule has 2 aromatic rings. The molecule has 0 amide bonds. The van der Waals surface area contributed by atoms with E-state index in [0.29, 0.717) is 22.9 Å². The van der Waals surface area contributed by atoms with Gasteiger partial charge >= 0.3 is 5.97 Å². The summed E-state index contributed by atoms with van der Waals surface area (Å²) in [4.78, 5) is 11.4. The molecule has 0 radical (unpaired) electrons. The van der Waals surface area contributed by atoms with E-state index in [4.69, 9.17) is 16.3 Å². The second kappa shape index (κ2) is 8.18. The van der Waals surface area contributed by atoms with Crippen molar-refractivity contribution >= 4 is 39.4 Å². The molecule has 0 aliphatic rings. The van der Waals surface area contributed by atoms with Crippen LogP contribution in [0.5, 0.6) is 0 Å². The molecule has 0 bridgehead atoms. The molecule has 0 spiro atoms. The van der Waals surface area contributed by atoms with Gasteiger partial charge < -0.3 is 4.74 Å². The summed E-state index contributed by atoms with van der Waals surface area (Å²) in [5.74, 6) is -0.427. The zero-order valence-corrected chi connectivity index (χ0v) is 15.4. The monoisotopic (exact) mass is 379 g/mol. The number of hydrogen-bond acceptors (Lipinski definition) is 4. The molecule has 0 aliphatic heterocycles. The summed E-state index contributed by atoms with van der Waals surface area (Å²) in [7, 11) is -3.74. The second-order valence-electron chi connectivity index (χ2n) is 5.22. The van der Waals surface area contributed by atoms with Crippen molar-refractivity contribution in [2.75, 3.05) is 11.3 Å². The Labute approximate surface area is 152 Å². The molecule has 2 rings (SSSR count). The highest BCUT2D eigenvalue weighted by atomic mass is 35.5. The summed E-state index contributed by atoms with van der Waals surface area (Å²) in [5, 5.41) is 0.352. The molecule has 132 valence electrons. The molecule has 1 N–H and O–H groups in total. The Morgan fingerprint density at radius 2 is 1.88 bits per heavy atom. The maximum Gasteiger partial charge on any atom is 0.330 e. The van der Waals surface area contributed by atoms with Crippen LogP contribution in [-0.4, -0.2) is 21.0 Å². The maximum absolute atomic E-state index is 12.5. The van der Waals surface area contributed by atoms with Crippen LogP contribution in [-0.2, 0) is 19.6 Å². The Morgan fingerprint density at radius 1 is 1.20 bits per heavy atom. The van der Waals surface area contributed by atoms with Gasteiger partial charge in [0.05, 0.1) is 11.5 Å². The summed E-state index contributed by atoms with van der Waals surface area (Å²) >= 11 is 5.89. The second-order valence-corrected chi connectivity index (χ2v) is 7.31. The molecule has 0 saturated carbocycles. The molecule has 0 fully saturated rings. The van der Waals surface area contributed by atoms with Crippen LogP contribution < -0.4 is 4.72 Å². The molecule has 5 nitrogen and oxygen atoms in total. The van der Waals surface area contributed by atoms with E-state index in [1.807, 2.05) is 0 Å². The van der Waals surface area contributed by atoms with Crippen LogP contribution >= 0.6 is 11.6 Å². The van der Waals surface area contributed by atoms with Crippen molar-refractivity contribution in [1.82, 2.24) is 0 Å². The number of benzene rings is 2. The quantitative estimate of drug-likeness (QED) is 0.607. The molecule has 0 atom stereocenters. The Balaban J connectivity index is 2.15. The van der Waals surface area contributed by atoms with Gasteiger partial charge in [-0.3, -0.25) is 4.72 Å². The van der Waals surface area contributed by atoms with Crippen molar-refractivity contribution in [3.05, 3.63) is 64.7 Å². The number of carbonyl (C=O) groups is 1. The smallest absolute Gasteiger partial charge is 0.330 e. The minimum Gasteiger partial charge on any atom is -0.463 e. The average Bonchev–Trinajstić information content (AvgIpc) is 2.56. The highest BCUT2D eigenvalue weighted by Crippen LogP contribution is 2.23. The summed E-state index contributed by atoms with van der Waals surface area (Å²) in [5.41, 5.74) is 1.76. The lowest BCUT2D eigenvalue weighted by Crippen LogP contribution is -2.14. The van der Waals surface area contributed by atoms with Gasteiger partial charge in [0.1, 0.15) is 0 Å². The van der Waals surface area contributed by atoms with Gasteiger partial charge in [-0.1, -0.05) is 29.8 Å². The number of sulfonamides is 1. The van der Waals surface area contributed by atoms with Crippen molar-refractivity contribution in [3.8, 4) is 0 Å². The van der Waals surface area contributed by atoms with Crippen molar-refractivity contribution in [2.45, 2.75) is 18.7 Å². The minimum atomic E-state index is -3.74. The predicted octanol–water partition coefficient (Wildman–Crippen LogP) is 4.03. The first-order valence-electron chi connectivity index (χ1n) is 7.55. The Morgan fingerprint density at radius 3 is 2.52 bits per heavy atom. The number of nitrogens with one attached hydrogen (secondary N) is 1. The first-order valence-corrected chi connectivity index (χ1v) is 9.42. The molecule has 0 unspecified atom stereocenters. The molecule has 0 aliphatic carbocycles. The van der Waals surface area contributed by atoms with E-state index < -0.39 is 16.0 Å². The Hall–Kier alpha value is -2.31. The van der Waals surface area contributed by atoms with Gasteiger partial charge in [-0.05, 0) is 55.3 Å². The Kier molecular flexibility index (Phi) is 6.22. The third-order valence-corrected chi connectivity index (χ3v) is 5.06. The van der Waals surface area contributed by atoms with Crippen LogP contribution in [0.4, 0.5) is 5.69 Å². The lowest BCUT2D eigenvalue weighted by atomic mass is 10.2. The zero-order chi connectivity index (χ0) is 18.4. The van der Waals surface area contributed by atoms with Gasteiger partial charge in [0.15, 0.2) is 0 Å². The number of anilines is 1. The number of hydrogen-bond donors (Lipinski definition) is 1. The van der Waals surface area contributed by atoms with Crippen LogP contribution in [0.2, 0.25) is 5.02 Å². The normalized spacial score (nSPS) is 11.5. The van der Waals surface area contributed by atoms with E-state index in [1.165, 1.54) is 12.1 Å². The fourth-order valence-corrected chi connectivity index (χ4v) is 3.66. The van der Waals surface area contributed by atoms with Gasteiger partial charge in [-0.25, -0.2) is 13.2 Å². The molecule has 0 saturated heterocycles. The van der Waals surface area contributed by atoms with Gasteiger partial charge in [-0.15, -0.1) is 0 Å². The van der Waals surface area contributed by atoms with Gasteiger partial charge in [0.25, 0.3) is 10.0 Å². The number of halogens is 1. The Bertz CT molecular complexity index is 890. The topological polar surface area (TPSA) is 72.5 Å². The van der Waals surface area contributed by atoms with Crippen molar-refractivity contribution < 1.29 is 17.9 Å². The van der Waals surface area contributed by atoms with Gasteiger partial charge in [0.2, 0.25) is 0 Å². The van der Waals surface area contributed by atoms with Crippen LogP contribution in [0.3, 0.4) is 0 Å². The fourth-order valence-electron chi connectivity index (χ4n) is 2.09. The third-order valence-electron chi connectivity index (χ3n) is 3.30. The van der Waals surface area contributed by atoms with Gasteiger partial charge in [-0.2, -0.15) is 0 Å². The molecule has 0 aromatic heterocycles. The van der Waals surface area contributed by atoms with E-state index in [9.17, 15) is 13.2 Å². The molecule has 2 aromatic carbocycles. The zero-order valence-electron chi connectivity index (χ0n) is 13.8. The number of aryl methyl sites for hydroxylation is 1. The lowest BCUT2D eigenvalue weighted by Gasteiger charge is -2.11. The standard InChI is InChI=1S/C18H18ClNO4S/c1-3-24-18(21)11-7-14-5-9-16(10-6-14)20-25(22,23)17-12-15(19)8-4-13(17)2/h4-12,20H,3H2,1-2H3/b11-7+. The van der Waals surface area contributed by atoms with Gasteiger partial charge in [0, 0.05) is 16.8 Å². The highest BCUT2D eigenvalue weighted by Gasteiger charge is 2.17.